The summed E-state index contributed by atoms with van der Waals surface area (Å²) in [6, 6.07) is 15.6. The zero-order chi connectivity index (χ0) is 15.1. The van der Waals surface area contributed by atoms with Crippen LogP contribution >= 0.6 is 0 Å². The third-order valence-corrected chi connectivity index (χ3v) is 3.25. The number of nitriles is 1. The number of rotatable bonds is 6. The van der Waals surface area contributed by atoms with Gasteiger partial charge < -0.3 is 4.74 Å². The molecule has 0 saturated heterocycles. The maximum Gasteiger partial charge on any atom is 0.123 e. The van der Waals surface area contributed by atoms with Gasteiger partial charge >= 0.3 is 0 Å². The Labute approximate surface area is 124 Å². The summed E-state index contributed by atoms with van der Waals surface area (Å²) in [6.45, 7) is 0.669. The molecular formula is C17H17FN2O. The van der Waals surface area contributed by atoms with Crippen LogP contribution in [0.1, 0.15) is 17.2 Å². The van der Waals surface area contributed by atoms with E-state index in [0.29, 0.717) is 6.54 Å². The molecule has 0 saturated carbocycles. The molecule has 4 heteroatoms. The molecular weight excluding hydrogens is 267 g/mol. The number of ether oxygens (including phenoxy) is 1. The van der Waals surface area contributed by atoms with Crippen molar-refractivity contribution in [1.29, 1.82) is 5.26 Å². The second kappa shape index (κ2) is 7.41. The van der Waals surface area contributed by atoms with Gasteiger partial charge in [-0.3, -0.25) is 5.32 Å². The highest BCUT2D eigenvalue weighted by Gasteiger charge is 2.09. The standard InChI is InChI=1S/C17H17FN2O/c1-21-16-8-2-13(3-9-16)10-11-20-17(12-19)14-4-6-15(18)7-5-14/h2-9,17,20H,10-11H2,1H3. The molecule has 21 heavy (non-hydrogen) atoms. The van der Waals surface area contributed by atoms with Crippen molar-refractivity contribution in [3.63, 3.8) is 0 Å². The van der Waals surface area contributed by atoms with Crippen molar-refractivity contribution < 1.29 is 9.13 Å². The van der Waals surface area contributed by atoms with Crippen LogP contribution in [-0.4, -0.2) is 13.7 Å². The van der Waals surface area contributed by atoms with Gasteiger partial charge in [0.15, 0.2) is 0 Å². The number of nitrogens with zero attached hydrogens (tertiary/aromatic N) is 1. The smallest absolute Gasteiger partial charge is 0.123 e. The lowest BCUT2D eigenvalue weighted by Crippen LogP contribution is -2.22. The minimum atomic E-state index is -0.427. The van der Waals surface area contributed by atoms with Crippen molar-refractivity contribution in [1.82, 2.24) is 5.32 Å². The number of halogens is 1. The zero-order valence-corrected chi connectivity index (χ0v) is 11.8. The summed E-state index contributed by atoms with van der Waals surface area (Å²) in [5.41, 5.74) is 1.94. The Hall–Kier alpha value is -2.38. The number of methoxy groups -OCH3 is 1. The fraction of sp³-hybridized carbons (Fsp3) is 0.235. The first kappa shape index (κ1) is 15.0. The van der Waals surface area contributed by atoms with E-state index in [9.17, 15) is 9.65 Å². The molecule has 0 radical (unpaired) electrons. The van der Waals surface area contributed by atoms with E-state index in [4.69, 9.17) is 4.74 Å². The van der Waals surface area contributed by atoms with Crippen molar-refractivity contribution in [3.8, 4) is 11.8 Å². The van der Waals surface area contributed by atoms with Gasteiger partial charge in [0.2, 0.25) is 0 Å². The van der Waals surface area contributed by atoms with E-state index >= 15 is 0 Å². The second-order valence-electron chi connectivity index (χ2n) is 4.67. The second-order valence-corrected chi connectivity index (χ2v) is 4.67. The molecule has 2 rings (SSSR count). The van der Waals surface area contributed by atoms with Crippen LogP contribution in [0.25, 0.3) is 0 Å². The third kappa shape index (κ3) is 4.30. The van der Waals surface area contributed by atoms with Gasteiger partial charge in [-0.05, 0) is 41.8 Å². The largest absolute Gasteiger partial charge is 0.497 e. The average molecular weight is 284 g/mol. The molecule has 0 aliphatic rings. The highest BCUT2D eigenvalue weighted by molar-refractivity contribution is 5.28. The Morgan fingerprint density at radius 3 is 2.38 bits per heavy atom. The summed E-state index contributed by atoms with van der Waals surface area (Å²) in [7, 11) is 1.64. The molecule has 2 aromatic carbocycles. The third-order valence-electron chi connectivity index (χ3n) is 3.25. The summed E-state index contributed by atoms with van der Waals surface area (Å²) in [5.74, 6) is 0.529. The molecule has 0 heterocycles. The molecule has 3 nitrogen and oxygen atoms in total. The summed E-state index contributed by atoms with van der Waals surface area (Å²) in [5, 5.41) is 12.4. The summed E-state index contributed by atoms with van der Waals surface area (Å²) in [4.78, 5) is 0. The van der Waals surface area contributed by atoms with E-state index in [2.05, 4.69) is 11.4 Å². The van der Waals surface area contributed by atoms with Crippen molar-refractivity contribution in [2.45, 2.75) is 12.5 Å². The van der Waals surface area contributed by atoms with Crippen LogP contribution in [0.15, 0.2) is 48.5 Å². The molecule has 0 aliphatic heterocycles. The van der Waals surface area contributed by atoms with Gasteiger partial charge in [-0.2, -0.15) is 5.26 Å². The van der Waals surface area contributed by atoms with E-state index in [1.54, 1.807) is 19.2 Å². The molecule has 0 spiro atoms. The van der Waals surface area contributed by atoms with Gasteiger partial charge in [-0.15, -0.1) is 0 Å². The monoisotopic (exact) mass is 284 g/mol. The van der Waals surface area contributed by atoms with Gasteiger partial charge in [-0.25, -0.2) is 4.39 Å². The predicted molar refractivity (Wildman–Crippen MR) is 79.5 cm³/mol. The molecule has 108 valence electrons. The summed E-state index contributed by atoms with van der Waals surface area (Å²) in [6.07, 6.45) is 0.809. The topological polar surface area (TPSA) is 45.0 Å². The first-order valence-electron chi connectivity index (χ1n) is 6.74. The van der Waals surface area contributed by atoms with Gasteiger partial charge in [0.25, 0.3) is 0 Å². The molecule has 1 unspecified atom stereocenters. The van der Waals surface area contributed by atoms with Crippen LogP contribution in [0.3, 0.4) is 0 Å². The van der Waals surface area contributed by atoms with Crippen LogP contribution < -0.4 is 10.1 Å². The molecule has 0 bridgehead atoms. The molecule has 2 aromatic rings. The normalized spacial score (nSPS) is 11.7. The molecule has 1 atom stereocenters. The van der Waals surface area contributed by atoms with E-state index < -0.39 is 6.04 Å². The minimum Gasteiger partial charge on any atom is -0.497 e. The summed E-state index contributed by atoms with van der Waals surface area (Å²) < 4.78 is 18.0. The molecule has 0 fully saturated rings. The van der Waals surface area contributed by atoms with E-state index in [0.717, 1.165) is 17.7 Å². The van der Waals surface area contributed by atoms with Gasteiger partial charge in [-0.1, -0.05) is 24.3 Å². The SMILES string of the molecule is COc1ccc(CCNC(C#N)c2ccc(F)cc2)cc1. The molecule has 0 aromatic heterocycles. The van der Waals surface area contributed by atoms with Crippen molar-refractivity contribution in [2.24, 2.45) is 0 Å². The van der Waals surface area contributed by atoms with Crippen LogP contribution in [0.4, 0.5) is 4.39 Å². The van der Waals surface area contributed by atoms with E-state index in [-0.39, 0.29) is 5.82 Å². The highest BCUT2D eigenvalue weighted by Crippen LogP contribution is 2.14. The van der Waals surface area contributed by atoms with E-state index in [1.165, 1.54) is 17.7 Å². The Bertz CT molecular complexity index is 602. The lowest BCUT2D eigenvalue weighted by molar-refractivity contribution is 0.414. The fourth-order valence-electron chi connectivity index (χ4n) is 2.05. The van der Waals surface area contributed by atoms with E-state index in [1.807, 2.05) is 24.3 Å². The molecule has 0 amide bonds. The molecule has 1 N–H and O–H groups in total. The van der Waals surface area contributed by atoms with Gasteiger partial charge in [0.1, 0.15) is 17.6 Å². The summed E-state index contributed by atoms with van der Waals surface area (Å²) >= 11 is 0. The van der Waals surface area contributed by atoms with Gasteiger partial charge in [0, 0.05) is 6.54 Å². The number of hydrogen-bond donors (Lipinski definition) is 1. The van der Waals surface area contributed by atoms with Crippen LogP contribution in [0, 0.1) is 17.1 Å². The lowest BCUT2D eigenvalue weighted by atomic mass is 10.1. The first-order chi connectivity index (χ1) is 10.2. The fourth-order valence-corrected chi connectivity index (χ4v) is 2.05. The zero-order valence-electron chi connectivity index (χ0n) is 11.8. The Kier molecular flexibility index (Phi) is 5.30. The Morgan fingerprint density at radius 2 is 1.81 bits per heavy atom. The first-order valence-corrected chi connectivity index (χ1v) is 6.74. The quantitative estimate of drug-likeness (QED) is 0.885. The van der Waals surface area contributed by atoms with Crippen LogP contribution in [-0.2, 0) is 6.42 Å². The van der Waals surface area contributed by atoms with Gasteiger partial charge in [0.05, 0.1) is 13.2 Å². The average Bonchev–Trinajstić information content (AvgIpc) is 2.53. The van der Waals surface area contributed by atoms with Crippen molar-refractivity contribution >= 4 is 0 Å². The van der Waals surface area contributed by atoms with Crippen molar-refractivity contribution in [2.75, 3.05) is 13.7 Å². The Morgan fingerprint density at radius 1 is 1.14 bits per heavy atom. The lowest BCUT2D eigenvalue weighted by Gasteiger charge is -2.12. The number of nitrogens with one attached hydrogen (secondary N) is 1. The molecule has 0 aliphatic carbocycles. The highest BCUT2D eigenvalue weighted by atomic mass is 19.1. The Balaban J connectivity index is 1.88. The maximum absolute atomic E-state index is 12.9. The predicted octanol–water partition coefficient (Wildman–Crippen LogP) is 3.23. The number of hydrogen-bond acceptors (Lipinski definition) is 3. The maximum atomic E-state index is 12.9. The van der Waals surface area contributed by atoms with Crippen LogP contribution in [0.2, 0.25) is 0 Å². The minimum absolute atomic E-state index is 0.298. The van der Waals surface area contributed by atoms with Crippen LogP contribution in [0.5, 0.6) is 5.75 Å². The number of benzene rings is 2. The van der Waals surface area contributed by atoms with Crippen molar-refractivity contribution in [3.05, 3.63) is 65.5 Å².